The lowest BCUT2D eigenvalue weighted by molar-refractivity contribution is -0.0395. The van der Waals surface area contributed by atoms with Crippen LogP contribution in [0.15, 0.2) is 12.3 Å². The first-order valence-electron chi connectivity index (χ1n) is 9.01. The predicted octanol–water partition coefficient (Wildman–Crippen LogP) is 2.69. The molecular formula is C18H26N2O3. The Bertz CT molecular complexity index is 538. The SMILES string of the molecule is O=C(c1cc[nH]c1C1CC1)N1CCC(OCC2CCCO2)CC1. The van der Waals surface area contributed by atoms with Crippen molar-refractivity contribution in [2.24, 2.45) is 0 Å². The van der Waals surface area contributed by atoms with Crippen molar-refractivity contribution in [2.75, 3.05) is 26.3 Å². The van der Waals surface area contributed by atoms with Gasteiger partial charge in [-0.15, -0.1) is 0 Å². The summed E-state index contributed by atoms with van der Waals surface area (Å²) in [7, 11) is 0. The lowest BCUT2D eigenvalue weighted by Crippen LogP contribution is -2.41. The Morgan fingerprint density at radius 1 is 1.26 bits per heavy atom. The molecule has 0 aromatic carbocycles. The highest BCUT2D eigenvalue weighted by Gasteiger charge is 2.32. The van der Waals surface area contributed by atoms with Crippen molar-refractivity contribution in [1.29, 1.82) is 0 Å². The Labute approximate surface area is 137 Å². The van der Waals surface area contributed by atoms with Crippen LogP contribution in [-0.4, -0.2) is 54.3 Å². The molecule has 4 rings (SSSR count). The van der Waals surface area contributed by atoms with Crippen LogP contribution in [0.4, 0.5) is 0 Å². The molecule has 3 heterocycles. The molecule has 1 saturated carbocycles. The van der Waals surface area contributed by atoms with Crippen LogP contribution in [0.5, 0.6) is 0 Å². The lowest BCUT2D eigenvalue weighted by atomic mass is 10.1. The minimum Gasteiger partial charge on any atom is -0.376 e. The number of rotatable bonds is 5. The number of carbonyl (C=O) groups is 1. The second-order valence-corrected chi connectivity index (χ2v) is 7.04. The van der Waals surface area contributed by atoms with Crippen LogP contribution in [0.25, 0.3) is 0 Å². The third-order valence-electron chi connectivity index (χ3n) is 5.27. The van der Waals surface area contributed by atoms with E-state index in [9.17, 15) is 4.79 Å². The zero-order valence-corrected chi connectivity index (χ0v) is 13.6. The van der Waals surface area contributed by atoms with Crippen LogP contribution >= 0.6 is 0 Å². The van der Waals surface area contributed by atoms with E-state index in [4.69, 9.17) is 9.47 Å². The highest BCUT2D eigenvalue weighted by Crippen LogP contribution is 2.41. The number of carbonyl (C=O) groups excluding carboxylic acids is 1. The minimum atomic E-state index is 0.186. The summed E-state index contributed by atoms with van der Waals surface area (Å²) in [5.74, 6) is 0.766. The van der Waals surface area contributed by atoms with Crippen LogP contribution in [0.3, 0.4) is 0 Å². The van der Waals surface area contributed by atoms with Gasteiger partial charge < -0.3 is 19.4 Å². The van der Waals surface area contributed by atoms with Gasteiger partial charge >= 0.3 is 0 Å². The van der Waals surface area contributed by atoms with E-state index in [0.29, 0.717) is 12.5 Å². The van der Waals surface area contributed by atoms with Gasteiger partial charge in [0, 0.05) is 31.6 Å². The quantitative estimate of drug-likeness (QED) is 0.908. The topological polar surface area (TPSA) is 54.6 Å². The molecule has 1 N–H and O–H groups in total. The largest absolute Gasteiger partial charge is 0.376 e. The normalized spacial score (nSPS) is 25.9. The zero-order valence-electron chi connectivity index (χ0n) is 13.6. The first-order chi connectivity index (χ1) is 11.3. The third kappa shape index (κ3) is 3.45. The molecule has 1 unspecified atom stereocenters. The van der Waals surface area contributed by atoms with E-state index in [0.717, 1.165) is 56.6 Å². The average molecular weight is 318 g/mol. The standard InChI is InChI=1S/C18H26N2O3/c21-18(16-5-8-19-17(16)13-3-4-13)20-9-6-14(7-10-20)23-12-15-2-1-11-22-15/h5,8,13-15,19H,1-4,6-7,9-12H2. The van der Waals surface area contributed by atoms with E-state index in [1.54, 1.807) is 0 Å². The Balaban J connectivity index is 1.27. The molecule has 2 saturated heterocycles. The Kier molecular flexibility index (Phi) is 4.40. The Hall–Kier alpha value is -1.33. The van der Waals surface area contributed by atoms with E-state index in [1.165, 1.54) is 12.8 Å². The number of likely N-dealkylation sites (tertiary alicyclic amines) is 1. The molecule has 0 bridgehead atoms. The number of ether oxygens (including phenoxy) is 2. The highest BCUT2D eigenvalue weighted by molar-refractivity contribution is 5.95. The van der Waals surface area contributed by atoms with Gasteiger partial charge in [-0.3, -0.25) is 4.79 Å². The molecule has 1 atom stereocenters. The maximum atomic E-state index is 12.7. The summed E-state index contributed by atoms with van der Waals surface area (Å²) in [6.07, 6.45) is 9.02. The van der Waals surface area contributed by atoms with Gasteiger partial charge in [0.15, 0.2) is 0 Å². The molecule has 3 fully saturated rings. The summed E-state index contributed by atoms with van der Waals surface area (Å²) in [4.78, 5) is 18.0. The van der Waals surface area contributed by atoms with Gasteiger partial charge in [0.1, 0.15) is 0 Å². The number of piperidine rings is 1. The van der Waals surface area contributed by atoms with Crippen molar-refractivity contribution in [2.45, 2.75) is 56.7 Å². The van der Waals surface area contributed by atoms with Crippen molar-refractivity contribution in [3.63, 3.8) is 0 Å². The van der Waals surface area contributed by atoms with Gasteiger partial charge in [0.2, 0.25) is 0 Å². The number of hydrogen-bond acceptors (Lipinski definition) is 3. The smallest absolute Gasteiger partial charge is 0.255 e. The molecule has 5 heteroatoms. The second-order valence-electron chi connectivity index (χ2n) is 7.04. The van der Waals surface area contributed by atoms with Crippen LogP contribution in [0.2, 0.25) is 0 Å². The van der Waals surface area contributed by atoms with E-state index >= 15 is 0 Å². The van der Waals surface area contributed by atoms with Crippen LogP contribution in [0, 0.1) is 0 Å². The molecule has 1 aromatic rings. The molecule has 1 amide bonds. The van der Waals surface area contributed by atoms with Gasteiger partial charge in [-0.25, -0.2) is 0 Å². The number of aromatic nitrogens is 1. The van der Waals surface area contributed by atoms with Crippen molar-refractivity contribution in [3.05, 3.63) is 23.5 Å². The zero-order chi connectivity index (χ0) is 15.6. The molecule has 23 heavy (non-hydrogen) atoms. The van der Waals surface area contributed by atoms with E-state index in [2.05, 4.69) is 4.98 Å². The molecule has 3 aliphatic rings. The fourth-order valence-electron chi connectivity index (χ4n) is 3.69. The predicted molar refractivity (Wildman–Crippen MR) is 86.6 cm³/mol. The summed E-state index contributed by atoms with van der Waals surface area (Å²) in [5.41, 5.74) is 2.03. The first kappa shape index (κ1) is 15.2. The van der Waals surface area contributed by atoms with Gasteiger partial charge in [-0.2, -0.15) is 0 Å². The maximum Gasteiger partial charge on any atom is 0.255 e. The third-order valence-corrected chi connectivity index (χ3v) is 5.27. The first-order valence-corrected chi connectivity index (χ1v) is 9.01. The average Bonchev–Trinajstić information content (AvgIpc) is 3.10. The fourth-order valence-corrected chi connectivity index (χ4v) is 3.69. The Morgan fingerprint density at radius 3 is 2.78 bits per heavy atom. The minimum absolute atomic E-state index is 0.186. The molecule has 1 aliphatic carbocycles. The molecule has 2 aliphatic heterocycles. The monoisotopic (exact) mass is 318 g/mol. The van der Waals surface area contributed by atoms with E-state index in [1.807, 2.05) is 17.2 Å². The Morgan fingerprint density at radius 2 is 2.09 bits per heavy atom. The van der Waals surface area contributed by atoms with Crippen molar-refractivity contribution in [1.82, 2.24) is 9.88 Å². The lowest BCUT2D eigenvalue weighted by Gasteiger charge is -2.32. The number of nitrogens with one attached hydrogen (secondary N) is 1. The highest BCUT2D eigenvalue weighted by atomic mass is 16.5. The molecule has 0 radical (unpaired) electrons. The van der Waals surface area contributed by atoms with Gasteiger partial charge in [-0.05, 0) is 50.5 Å². The van der Waals surface area contributed by atoms with Gasteiger partial charge in [-0.1, -0.05) is 0 Å². The molecule has 0 spiro atoms. The summed E-state index contributed by atoms with van der Waals surface area (Å²) in [5, 5.41) is 0. The van der Waals surface area contributed by atoms with Crippen LogP contribution < -0.4 is 0 Å². The number of aromatic amines is 1. The van der Waals surface area contributed by atoms with Crippen LogP contribution in [-0.2, 0) is 9.47 Å². The summed E-state index contributed by atoms with van der Waals surface area (Å²) in [6.45, 7) is 3.18. The number of amides is 1. The summed E-state index contributed by atoms with van der Waals surface area (Å²) >= 11 is 0. The van der Waals surface area contributed by atoms with E-state index in [-0.39, 0.29) is 18.1 Å². The van der Waals surface area contributed by atoms with Crippen molar-refractivity contribution < 1.29 is 14.3 Å². The molecule has 126 valence electrons. The second kappa shape index (κ2) is 6.65. The molecule has 1 aromatic heterocycles. The maximum absolute atomic E-state index is 12.7. The van der Waals surface area contributed by atoms with Crippen molar-refractivity contribution in [3.8, 4) is 0 Å². The molecular weight excluding hydrogens is 292 g/mol. The summed E-state index contributed by atoms with van der Waals surface area (Å²) < 4.78 is 11.6. The van der Waals surface area contributed by atoms with Gasteiger partial charge in [0.25, 0.3) is 5.91 Å². The summed E-state index contributed by atoms with van der Waals surface area (Å²) in [6, 6.07) is 1.94. The number of hydrogen-bond donors (Lipinski definition) is 1. The van der Waals surface area contributed by atoms with Crippen LogP contribution in [0.1, 0.15) is 60.5 Å². The van der Waals surface area contributed by atoms with Gasteiger partial charge in [0.05, 0.1) is 24.4 Å². The van der Waals surface area contributed by atoms with E-state index < -0.39 is 0 Å². The number of H-pyrrole nitrogens is 1. The van der Waals surface area contributed by atoms with Crippen molar-refractivity contribution >= 4 is 5.91 Å². The number of nitrogens with zero attached hydrogens (tertiary/aromatic N) is 1. The fraction of sp³-hybridized carbons (Fsp3) is 0.722. The molecule has 5 nitrogen and oxygen atoms in total.